The third-order valence-corrected chi connectivity index (χ3v) is 3.59. The highest BCUT2D eigenvalue weighted by Crippen LogP contribution is 2.29. The molecule has 0 aliphatic heterocycles. The second-order valence-electron chi connectivity index (χ2n) is 5.07. The lowest BCUT2D eigenvalue weighted by Gasteiger charge is -2.06. The van der Waals surface area contributed by atoms with Crippen molar-refractivity contribution in [2.45, 2.75) is 12.7 Å². The quantitative estimate of drug-likeness (QED) is 0.770. The van der Waals surface area contributed by atoms with E-state index in [0.29, 0.717) is 27.2 Å². The van der Waals surface area contributed by atoms with Gasteiger partial charge in [0.2, 0.25) is 0 Å². The summed E-state index contributed by atoms with van der Waals surface area (Å²) in [5.41, 5.74) is 1.03. The van der Waals surface area contributed by atoms with Crippen molar-refractivity contribution in [3.05, 3.63) is 47.2 Å². The van der Waals surface area contributed by atoms with Crippen LogP contribution in [0.1, 0.15) is 10.4 Å². The molecule has 3 aromatic rings. The van der Waals surface area contributed by atoms with Gasteiger partial charge in [0.05, 0.1) is 28.0 Å². The number of halogens is 4. The summed E-state index contributed by atoms with van der Waals surface area (Å²) < 4.78 is 37.9. The Bertz CT molecular complexity index is 937. The molecule has 1 aromatic carbocycles. The maximum absolute atomic E-state index is 12.4. The normalized spacial score (nSPS) is 11.8. The van der Waals surface area contributed by atoms with Crippen molar-refractivity contribution >= 4 is 28.5 Å². The highest BCUT2D eigenvalue weighted by atomic mass is 35.5. The van der Waals surface area contributed by atoms with Gasteiger partial charge in [0.15, 0.2) is 0 Å². The van der Waals surface area contributed by atoms with Gasteiger partial charge in [-0.15, -0.1) is 0 Å². The van der Waals surface area contributed by atoms with Crippen LogP contribution < -0.4 is 0 Å². The molecular formula is C15H9ClF3N3O2. The summed E-state index contributed by atoms with van der Waals surface area (Å²) in [6.07, 6.45) is -1.93. The smallest absolute Gasteiger partial charge is 0.408 e. The van der Waals surface area contributed by atoms with Crippen LogP contribution in [0.3, 0.4) is 0 Å². The zero-order valence-corrected chi connectivity index (χ0v) is 12.6. The Kier molecular flexibility index (Phi) is 3.92. The molecule has 0 saturated carbocycles. The second kappa shape index (κ2) is 5.79. The fraction of sp³-hybridized carbons (Fsp3) is 0.133. The molecule has 2 aromatic heterocycles. The number of carboxylic acid groups (broad SMARTS) is 1. The van der Waals surface area contributed by atoms with Gasteiger partial charge in [-0.05, 0) is 18.2 Å². The lowest BCUT2D eigenvalue weighted by atomic mass is 10.1. The first-order chi connectivity index (χ1) is 11.2. The van der Waals surface area contributed by atoms with Gasteiger partial charge in [0.25, 0.3) is 0 Å². The molecule has 2 heterocycles. The SMILES string of the molecule is O=C(O)c1ccc2c(Cl)cc(-c3cnn(CC(F)(F)F)c3)nc2c1. The molecule has 0 aliphatic rings. The predicted molar refractivity (Wildman–Crippen MR) is 81.0 cm³/mol. The van der Waals surface area contributed by atoms with Crippen LogP contribution in [-0.4, -0.2) is 32.0 Å². The van der Waals surface area contributed by atoms with Crippen LogP contribution in [0.25, 0.3) is 22.2 Å². The van der Waals surface area contributed by atoms with Crippen LogP contribution >= 0.6 is 11.6 Å². The van der Waals surface area contributed by atoms with E-state index in [1.165, 1.54) is 36.7 Å². The first-order valence-corrected chi connectivity index (χ1v) is 7.04. The van der Waals surface area contributed by atoms with E-state index in [4.69, 9.17) is 16.7 Å². The number of nitrogens with zero attached hydrogens (tertiary/aromatic N) is 3. The highest BCUT2D eigenvalue weighted by Gasteiger charge is 2.28. The Hall–Kier alpha value is -2.61. The summed E-state index contributed by atoms with van der Waals surface area (Å²) in [6, 6.07) is 5.79. The number of fused-ring (bicyclic) bond motifs is 1. The fourth-order valence-electron chi connectivity index (χ4n) is 2.23. The first kappa shape index (κ1) is 16.3. The number of rotatable bonds is 3. The fourth-order valence-corrected chi connectivity index (χ4v) is 2.50. The Balaban J connectivity index is 2.05. The Labute approximate surface area is 138 Å². The molecule has 3 rings (SSSR count). The molecule has 0 atom stereocenters. The monoisotopic (exact) mass is 355 g/mol. The number of pyridine rings is 1. The molecular weight excluding hydrogens is 347 g/mol. The lowest BCUT2D eigenvalue weighted by Crippen LogP contribution is -2.17. The summed E-state index contributed by atoms with van der Waals surface area (Å²) in [5.74, 6) is -1.11. The van der Waals surface area contributed by atoms with Gasteiger partial charge in [0, 0.05) is 17.1 Å². The number of alkyl halides is 3. The van der Waals surface area contributed by atoms with E-state index in [0.717, 1.165) is 4.68 Å². The molecule has 0 saturated heterocycles. The minimum atomic E-state index is -4.38. The minimum Gasteiger partial charge on any atom is -0.478 e. The molecule has 0 unspecified atom stereocenters. The van der Waals surface area contributed by atoms with E-state index < -0.39 is 18.7 Å². The first-order valence-electron chi connectivity index (χ1n) is 6.66. The maximum Gasteiger partial charge on any atom is 0.408 e. The molecule has 9 heteroatoms. The van der Waals surface area contributed by atoms with Crippen LogP contribution in [0, 0.1) is 0 Å². The third-order valence-electron chi connectivity index (χ3n) is 3.28. The van der Waals surface area contributed by atoms with Crippen molar-refractivity contribution in [2.24, 2.45) is 0 Å². The summed E-state index contributed by atoms with van der Waals surface area (Å²) in [6.45, 7) is -1.21. The van der Waals surface area contributed by atoms with Crippen LogP contribution in [-0.2, 0) is 6.54 Å². The average molecular weight is 356 g/mol. The number of aromatic carboxylic acids is 1. The van der Waals surface area contributed by atoms with Crippen LogP contribution in [0.4, 0.5) is 13.2 Å². The van der Waals surface area contributed by atoms with Gasteiger partial charge in [-0.2, -0.15) is 18.3 Å². The van der Waals surface area contributed by atoms with E-state index in [2.05, 4.69) is 10.1 Å². The van der Waals surface area contributed by atoms with Crippen molar-refractivity contribution in [2.75, 3.05) is 0 Å². The summed E-state index contributed by atoms with van der Waals surface area (Å²) >= 11 is 6.16. The molecule has 0 fully saturated rings. The number of carbonyl (C=O) groups is 1. The van der Waals surface area contributed by atoms with Crippen LogP contribution in [0.5, 0.6) is 0 Å². The van der Waals surface area contributed by atoms with Gasteiger partial charge in [-0.3, -0.25) is 4.68 Å². The molecule has 0 spiro atoms. The molecule has 0 aliphatic carbocycles. The third kappa shape index (κ3) is 3.33. The minimum absolute atomic E-state index is 0.0379. The topological polar surface area (TPSA) is 68.0 Å². The zero-order chi connectivity index (χ0) is 17.5. The van der Waals surface area contributed by atoms with Crippen molar-refractivity contribution in [3.63, 3.8) is 0 Å². The lowest BCUT2D eigenvalue weighted by molar-refractivity contribution is -0.142. The van der Waals surface area contributed by atoms with E-state index in [1.54, 1.807) is 0 Å². The van der Waals surface area contributed by atoms with E-state index >= 15 is 0 Å². The van der Waals surface area contributed by atoms with Crippen LogP contribution in [0.2, 0.25) is 5.02 Å². The second-order valence-corrected chi connectivity index (χ2v) is 5.48. The Morgan fingerprint density at radius 1 is 1.29 bits per heavy atom. The Morgan fingerprint density at radius 2 is 2.04 bits per heavy atom. The Morgan fingerprint density at radius 3 is 2.71 bits per heavy atom. The largest absolute Gasteiger partial charge is 0.478 e. The van der Waals surface area contributed by atoms with Crippen molar-refractivity contribution in [1.82, 2.24) is 14.8 Å². The maximum atomic E-state index is 12.4. The predicted octanol–water partition coefficient (Wildman–Crippen LogP) is 4.01. The number of carboxylic acids is 1. The average Bonchev–Trinajstić information content (AvgIpc) is 2.92. The van der Waals surface area contributed by atoms with Gasteiger partial charge in [-0.1, -0.05) is 17.7 Å². The summed E-state index contributed by atoms with van der Waals surface area (Å²) in [5, 5.41) is 13.5. The van der Waals surface area contributed by atoms with Gasteiger partial charge in [0.1, 0.15) is 6.54 Å². The molecule has 5 nitrogen and oxygen atoms in total. The number of hydrogen-bond acceptors (Lipinski definition) is 3. The summed E-state index contributed by atoms with van der Waals surface area (Å²) in [4.78, 5) is 15.3. The van der Waals surface area contributed by atoms with Crippen molar-refractivity contribution < 1.29 is 23.1 Å². The standard InChI is InChI=1S/C15H9ClF3N3O2/c16-11-4-12(9-5-20-22(6-9)7-15(17,18)19)21-13-3-8(14(23)24)1-2-10(11)13/h1-6H,7H2,(H,23,24). The van der Waals surface area contributed by atoms with Gasteiger partial charge < -0.3 is 5.11 Å². The molecule has 124 valence electrons. The molecule has 0 amide bonds. The van der Waals surface area contributed by atoms with Crippen molar-refractivity contribution in [3.8, 4) is 11.3 Å². The summed E-state index contributed by atoms with van der Waals surface area (Å²) in [7, 11) is 0. The van der Waals surface area contributed by atoms with Crippen LogP contribution in [0.15, 0.2) is 36.7 Å². The van der Waals surface area contributed by atoms with E-state index in [9.17, 15) is 18.0 Å². The number of aromatic nitrogens is 3. The number of benzene rings is 1. The van der Waals surface area contributed by atoms with Crippen molar-refractivity contribution in [1.29, 1.82) is 0 Å². The zero-order valence-electron chi connectivity index (χ0n) is 11.9. The molecule has 0 radical (unpaired) electrons. The highest BCUT2D eigenvalue weighted by molar-refractivity contribution is 6.35. The number of hydrogen-bond donors (Lipinski definition) is 1. The van der Waals surface area contributed by atoms with E-state index in [-0.39, 0.29) is 5.56 Å². The van der Waals surface area contributed by atoms with Gasteiger partial charge in [-0.25, -0.2) is 9.78 Å². The van der Waals surface area contributed by atoms with Gasteiger partial charge >= 0.3 is 12.1 Å². The molecule has 0 bridgehead atoms. The molecule has 1 N–H and O–H groups in total. The molecule has 24 heavy (non-hydrogen) atoms. The van der Waals surface area contributed by atoms with E-state index in [1.807, 2.05) is 0 Å².